The van der Waals surface area contributed by atoms with Crippen LogP contribution in [0.2, 0.25) is 0 Å². The molecule has 1 aliphatic heterocycles. The number of ether oxygens (including phenoxy) is 2. The Morgan fingerprint density at radius 3 is 2.11 bits per heavy atom. The highest BCUT2D eigenvalue weighted by molar-refractivity contribution is 5.90. The minimum atomic E-state index is -0.635. The van der Waals surface area contributed by atoms with Crippen LogP contribution in [0.1, 0.15) is 17.0 Å². The largest absolute Gasteiger partial charge is 0.444 e. The summed E-state index contributed by atoms with van der Waals surface area (Å²) in [5, 5.41) is 11.5. The van der Waals surface area contributed by atoms with Gasteiger partial charge in [0.1, 0.15) is 24.3 Å². The van der Waals surface area contributed by atoms with Crippen LogP contribution in [0.3, 0.4) is 0 Å². The van der Waals surface area contributed by atoms with Crippen molar-refractivity contribution in [3.05, 3.63) is 120 Å². The van der Waals surface area contributed by atoms with Crippen molar-refractivity contribution in [3.63, 3.8) is 0 Å². The van der Waals surface area contributed by atoms with Crippen LogP contribution in [0.4, 0.5) is 29.7 Å². The van der Waals surface area contributed by atoms with Crippen molar-refractivity contribution in [1.82, 2.24) is 19.1 Å². The second-order valence-electron chi connectivity index (χ2n) is 10.1. The summed E-state index contributed by atoms with van der Waals surface area (Å²) in [5.74, 6) is -0.932. The van der Waals surface area contributed by atoms with Crippen LogP contribution in [-0.4, -0.2) is 55.7 Å². The molecular formula is C32H30F2N6O5. The number of hydrogen-bond acceptors (Lipinski definition) is 7. The van der Waals surface area contributed by atoms with Crippen molar-refractivity contribution >= 4 is 23.6 Å². The molecule has 1 aliphatic rings. The maximum absolute atomic E-state index is 14.2. The molecule has 3 heterocycles. The number of anilines is 2. The number of rotatable bonds is 7. The molecular weight excluding hydrogens is 586 g/mol. The van der Waals surface area contributed by atoms with Gasteiger partial charge >= 0.3 is 12.2 Å². The zero-order chi connectivity index (χ0) is 31.9. The zero-order valence-corrected chi connectivity index (χ0v) is 24.4. The standard InChI is InChI=1S/C18H16FN3O2.C14H14FN3O3/c1-13-10-22(12-20-13)17-8-7-15(9-16(17)19)21-18(23)24-11-14-5-3-2-4-6-14;1-9-5-17(8-16-9)13-3-2-10(4-12(13)15)18-6-11(7-19)21-14(18)20/h2-10,12H,11H2,1H3,(H,21,23);2-5,8,11,19H,6-7H2,1H3/t;11-/m.1/s1. The first-order valence-corrected chi connectivity index (χ1v) is 13.9. The maximum Gasteiger partial charge on any atom is 0.414 e. The molecule has 0 saturated carbocycles. The Hall–Kier alpha value is -5.56. The van der Waals surface area contributed by atoms with Crippen molar-refractivity contribution in [2.75, 3.05) is 23.4 Å². The van der Waals surface area contributed by atoms with E-state index in [2.05, 4.69) is 15.3 Å². The third kappa shape index (κ3) is 7.70. The molecule has 2 aromatic heterocycles. The van der Waals surface area contributed by atoms with Crippen molar-refractivity contribution in [1.29, 1.82) is 0 Å². The predicted octanol–water partition coefficient (Wildman–Crippen LogP) is 5.71. The normalized spacial score (nSPS) is 14.0. The highest BCUT2D eigenvalue weighted by atomic mass is 19.1. The van der Waals surface area contributed by atoms with E-state index in [1.54, 1.807) is 45.8 Å². The van der Waals surface area contributed by atoms with E-state index in [0.717, 1.165) is 17.0 Å². The second-order valence-corrected chi connectivity index (χ2v) is 10.1. The van der Waals surface area contributed by atoms with Crippen LogP contribution in [0, 0.1) is 25.5 Å². The fourth-order valence-corrected chi connectivity index (χ4v) is 4.48. The highest BCUT2D eigenvalue weighted by Gasteiger charge is 2.32. The Balaban J connectivity index is 0.000000179. The van der Waals surface area contributed by atoms with Gasteiger partial charge in [0.15, 0.2) is 0 Å². The molecule has 0 radical (unpaired) electrons. The average molecular weight is 617 g/mol. The van der Waals surface area contributed by atoms with Crippen LogP contribution >= 0.6 is 0 Å². The van der Waals surface area contributed by atoms with Crippen LogP contribution in [0.25, 0.3) is 11.4 Å². The number of aliphatic hydroxyl groups is 1. The molecule has 0 spiro atoms. The number of aliphatic hydroxyl groups excluding tert-OH is 1. The number of cyclic esters (lactones) is 1. The number of imidazole rings is 2. The summed E-state index contributed by atoms with van der Waals surface area (Å²) in [7, 11) is 0. The Bertz CT molecular complexity index is 1790. The Labute approximate surface area is 257 Å². The zero-order valence-electron chi connectivity index (χ0n) is 24.4. The van der Waals surface area contributed by atoms with Gasteiger partial charge in [-0.2, -0.15) is 0 Å². The first kappa shape index (κ1) is 30.9. The van der Waals surface area contributed by atoms with Gasteiger partial charge in [-0.3, -0.25) is 10.2 Å². The van der Waals surface area contributed by atoms with Crippen molar-refractivity contribution in [3.8, 4) is 11.4 Å². The first-order chi connectivity index (χ1) is 21.7. The number of aryl methyl sites for hydroxylation is 2. The molecule has 1 fully saturated rings. The number of nitrogens with zero attached hydrogens (tertiary/aromatic N) is 5. The van der Waals surface area contributed by atoms with Gasteiger partial charge in [0.2, 0.25) is 0 Å². The lowest BCUT2D eigenvalue weighted by atomic mass is 10.2. The monoisotopic (exact) mass is 616 g/mol. The molecule has 2 amide bonds. The maximum atomic E-state index is 14.2. The van der Waals surface area contributed by atoms with Crippen LogP contribution in [0.5, 0.6) is 0 Å². The number of carbonyl (C=O) groups excluding carboxylic acids is 2. The molecule has 0 unspecified atom stereocenters. The van der Waals surface area contributed by atoms with Crippen molar-refractivity contribution in [2.24, 2.45) is 0 Å². The summed E-state index contributed by atoms with van der Waals surface area (Å²) >= 11 is 0. The van der Waals surface area contributed by atoms with Crippen LogP contribution in [-0.2, 0) is 16.1 Å². The number of benzene rings is 3. The van der Waals surface area contributed by atoms with Crippen molar-refractivity contribution in [2.45, 2.75) is 26.6 Å². The molecule has 1 atom stereocenters. The summed E-state index contributed by atoms with van der Waals surface area (Å²) in [6.07, 6.45) is 4.71. The van der Waals surface area contributed by atoms with Gasteiger partial charge in [-0.15, -0.1) is 0 Å². The first-order valence-electron chi connectivity index (χ1n) is 13.9. The quantitative estimate of drug-likeness (QED) is 0.240. The molecule has 5 aromatic rings. The van der Waals surface area contributed by atoms with E-state index < -0.39 is 29.9 Å². The summed E-state index contributed by atoms with van der Waals surface area (Å²) in [4.78, 5) is 32.9. The lowest BCUT2D eigenvalue weighted by Gasteiger charge is -2.14. The van der Waals surface area contributed by atoms with E-state index in [1.807, 2.05) is 44.2 Å². The molecule has 45 heavy (non-hydrogen) atoms. The number of carbonyl (C=O) groups is 2. The number of hydrogen-bond donors (Lipinski definition) is 2. The van der Waals surface area contributed by atoms with Gasteiger partial charge in [-0.1, -0.05) is 30.3 Å². The average Bonchev–Trinajstić information content (AvgIpc) is 3.76. The fourth-order valence-electron chi connectivity index (χ4n) is 4.48. The van der Waals surface area contributed by atoms with Gasteiger partial charge in [0, 0.05) is 18.1 Å². The molecule has 6 rings (SSSR count). The van der Waals surface area contributed by atoms with Crippen LogP contribution < -0.4 is 10.2 Å². The van der Waals surface area contributed by atoms with Crippen molar-refractivity contribution < 1.29 is 33.0 Å². The number of halogens is 2. The molecule has 2 N–H and O–H groups in total. The summed E-state index contributed by atoms with van der Waals surface area (Å²) < 4.78 is 41.6. The number of nitrogens with one attached hydrogen (secondary N) is 1. The minimum Gasteiger partial charge on any atom is -0.444 e. The van der Waals surface area contributed by atoms with Crippen LogP contribution in [0.15, 0.2) is 91.8 Å². The molecule has 0 bridgehead atoms. The third-order valence-electron chi connectivity index (χ3n) is 6.71. The lowest BCUT2D eigenvalue weighted by Crippen LogP contribution is -2.25. The number of amides is 2. The van der Waals surface area contributed by atoms with E-state index in [9.17, 15) is 18.4 Å². The van der Waals surface area contributed by atoms with Gasteiger partial charge in [-0.25, -0.2) is 28.3 Å². The lowest BCUT2D eigenvalue weighted by molar-refractivity contribution is 0.0963. The van der Waals surface area contributed by atoms with E-state index in [1.165, 1.54) is 29.7 Å². The molecule has 1 saturated heterocycles. The molecule has 0 aliphatic carbocycles. The van der Waals surface area contributed by atoms with E-state index in [0.29, 0.717) is 22.7 Å². The molecule has 11 nitrogen and oxygen atoms in total. The van der Waals surface area contributed by atoms with Gasteiger partial charge in [0.05, 0.1) is 54.3 Å². The highest BCUT2D eigenvalue weighted by Crippen LogP contribution is 2.25. The van der Waals surface area contributed by atoms with E-state index >= 15 is 0 Å². The third-order valence-corrected chi connectivity index (χ3v) is 6.71. The predicted molar refractivity (Wildman–Crippen MR) is 161 cm³/mol. The molecule has 3 aromatic carbocycles. The smallest absolute Gasteiger partial charge is 0.414 e. The Kier molecular flexibility index (Phi) is 9.49. The Morgan fingerprint density at radius 1 is 0.956 bits per heavy atom. The molecule has 13 heteroatoms. The summed E-state index contributed by atoms with van der Waals surface area (Å²) in [6.45, 7) is 3.75. The van der Waals surface area contributed by atoms with E-state index in [4.69, 9.17) is 14.6 Å². The van der Waals surface area contributed by atoms with E-state index in [-0.39, 0.29) is 19.8 Å². The second kappa shape index (κ2) is 13.8. The Morgan fingerprint density at radius 2 is 1.58 bits per heavy atom. The topological polar surface area (TPSA) is 124 Å². The minimum absolute atomic E-state index is 0.154. The van der Waals surface area contributed by atoms with Gasteiger partial charge < -0.3 is 23.7 Å². The number of aromatic nitrogens is 4. The summed E-state index contributed by atoms with van der Waals surface area (Å²) in [5.41, 5.74) is 3.89. The SMILES string of the molecule is Cc1cn(-c2ccc(N3C[C@H](CO)OC3=O)cc2F)cn1.Cc1cn(-c2ccc(NC(=O)OCc3ccccc3)cc2F)cn1. The molecule has 232 valence electrons. The fraction of sp³-hybridized carbons (Fsp3) is 0.188. The van der Waals surface area contributed by atoms with Gasteiger partial charge in [-0.05, 0) is 55.8 Å². The van der Waals surface area contributed by atoms with Gasteiger partial charge in [0.25, 0.3) is 0 Å². The summed E-state index contributed by atoms with van der Waals surface area (Å²) in [6, 6.07) is 18.2.